The van der Waals surface area contributed by atoms with Crippen molar-refractivity contribution in [3.8, 4) is 12.3 Å². The third-order valence-electron chi connectivity index (χ3n) is 5.60. The van der Waals surface area contributed by atoms with Crippen molar-refractivity contribution in [1.29, 1.82) is 0 Å². The Bertz CT molecular complexity index is 827. The second-order valence-corrected chi connectivity index (χ2v) is 10.1. The lowest BCUT2D eigenvalue weighted by Gasteiger charge is -2.33. The molecule has 2 aliphatic heterocycles. The molecule has 10 heteroatoms. The van der Waals surface area contributed by atoms with Gasteiger partial charge >= 0.3 is 7.12 Å². The van der Waals surface area contributed by atoms with Crippen LogP contribution in [-0.2, 0) is 19.3 Å². The predicted octanol–water partition coefficient (Wildman–Crippen LogP) is 0.251. The molecule has 8 nitrogen and oxygen atoms in total. The number of anilines is 1. The maximum absolute atomic E-state index is 12.2. The summed E-state index contributed by atoms with van der Waals surface area (Å²) in [6.45, 7) is 9.86. The first-order valence-electron chi connectivity index (χ1n) is 9.39. The lowest BCUT2D eigenvalue weighted by atomic mass is 9.81. The van der Waals surface area contributed by atoms with Gasteiger partial charge in [0.05, 0.1) is 17.0 Å². The van der Waals surface area contributed by atoms with E-state index in [-0.39, 0.29) is 12.2 Å². The summed E-state index contributed by atoms with van der Waals surface area (Å²) in [5.41, 5.74) is -0.0762. The van der Waals surface area contributed by atoms with Crippen molar-refractivity contribution in [1.82, 2.24) is 14.3 Å². The molecule has 0 aliphatic carbocycles. The van der Waals surface area contributed by atoms with Crippen molar-refractivity contribution in [3.63, 3.8) is 0 Å². The van der Waals surface area contributed by atoms with Crippen LogP contribution >= 0.6 is 0 Å². The molecule has 152 valence electrons. The first kappa shape index (κ1) is 21.1. The summed E-state index contributed by atoms with van der Waals surface area (Å²) in [5.74, 6) is 2.94. The normalized spacial score (nSPS) is 22.2. The van der Waals surface area contributed by atoms with Crippen LogP contribution < -0.4 is 10.4 Å². The van der Waals surface area contributed by atoms with Gasteiger partial charge in [0.2, 0.25) is 16.0 Å². The maximum Gasteiger partial charge on any atom is 0.498 e. The van der Waals surface area contributed by atoms with Gasteiger partial charge < -0.3 is 14.2 Å². The van der Waals surface area contributed by atoms with E-state index >= 15 is 0 Å². The van der Waals surface area contributed by atoms with E-state index < -0.39 is 28.3 Å². The highest BCUT2D eigenvalue weighted by Gasteiger charge is 2.52. The maximum atomic E-state index is 12.2. The molecular weight excluding hydrogens is 379 g/mol. The van der Waals surface area contributed by atoms with Crippen molar-refractivity contribution in [2.75, 3.05) is 36.8 Å². The van der Waals surface area contributed by atoms with Crippen molar-refractivity contribution in [2.45, 2.75) is 45.3 Å². The minimum Gasteiger partial charge on any atom is -0.399 e. The van der Waals surface area contributed by atoms with E-state index in [1.54, 1.807) is 12.4 Å². The quantitative estimate of drug-likeness (QED) is 0.512. The van der Waals surface area contributed by atoms with Gasteiger partial charge in [-0.25, -0.2) is 18.4 Å². The van der Waals surface area contributed by atoms with Crippen LogP contribution in [0.15, 0.2) is 12.4 Å². The third-order valence-corrected chi connectivity index (χ3v) is 7.47. The van der Waals surface area contributed by atoms with E-state index in [1.807, 2.05) is 32.6 Å². The highest BCUT2D eigenvalue weighted by atomic mass is 32.2. The second-order valence-electron chi connectivity index (χ2n) is 8.06. The van der Waals surface area contributed by atoms with Crippen LogP contribution in [-0.4, -0.2) is 72.9 Å². The standard InChI is InChI=1S/C18H27BN4O4S/c1-6-7-12-28(24,25)23-10-8-22(9-11-23)16-20-13-15(14-21-16)19-26-17(2,3)18(4,5)27-19/h1,13-14H,7-12H2,2-5H3. The Labute approximate surface area is 167 Å². The minimum atomic E-state index is -3.30. The van der Waals surface area contributed by atoms with Gasteiger partial charge in [-0.15, -0.1) is 12.3 Å². The Morgan fingerprint density at radius 2 is 1.64 bits per heavy atom. The molecule has 3 heterocycles. The van der Waals surface area contributed by atoms with Gasteiger partial charge in [0.15, 0.2) is 0 Å². The van der Waals surface area contributed by atoms with E-state index in [9.17, 15) is 8.42 Å². The molecule has 28 heavy (non-hydrogen) atoms. The summed E-state index contributed by atoms with van der Waals surface area (Å²) in [6.07, 6.45) is 8.82. The average Bonchev–Trinajstić information content (AvgIpc) is 2.88. The number of piperazine rings is 1. The topological polar surface area (TPSA) is 84.9 Å². The van der Waals surface area contributed by atoms with Gasteiger partial charge in [0.25, 0.3) is 0 Å². The number of hydrogen-bond acceptors (Lipinski definition) is 7. The third kappa shape index (κ3) is 4.18. The number of hydrogen-bond donors (Lipinski definition) is 0. The monoisotopic (exact) mass is 406 g/mol. The zero-order valence-corrected chi connectivity index (χ0v) is 17.7. The zero-order chi connectivity index (χ0) is 20.6. The van der Waals surface area contributed by atoms with Gasteiger partial charge in [-0.3, -0.25) is 0 Å². The van der Waals surface area contributed by atoms with Crippen molar-refractivity contribution < 1.29 is 17.7 Å². The van der Waals surface area contributed by atoms with Gasteiger partial charge in [0.1, 0.15) is 0 Å². The number of terminal acetylenes is 1. The van der Waals surface area contributed by atoms with E-state index in [4.69, 9.17) is 15.7 Å². The lowest BCUT2D eigenvalue weighted by molar-refractivity contribution is 0.00578. The van der Waals surface area contributed by atoms with Crippen molar-refractivity contribution in [3.05, 3.63) is 12.4 Å². The van der Waals surface area contributed by atoms with Crippen LogP contribution in [0.3, 0.4) is 0 Å². The number of aromatic nitrogens is 2. The van der Waals surface area contributed by atoms with Crippen LogP contribution in [0.2, 0.25) is 0 Å². The second kappa shape index (κ2) is 7.63. The summed E-state index contributed by atoms with van der Waals surface area (Å²) in [6, 6.07) is 0. The SMILES string of the molecule is C#CCCS(=O)(=O)N1CCN(c2ncc(B3OC(C)(C)C(C)(C)O3)cn2)CC1. The molecule has 2 fully saturated rings. The van der Waals surface area contributed by atoms with Gasteiger partial charge in [-0.05, 0) is 27.7 Å². The number of sulfonamides is 1. The molecule has 0 atom stereocenters. The number of nitrogens with zero attached hydrogens (tertiary/aromatic N) is 4. The van der Waals surface area contributed by atoms with E-state index in [0.717, 1.165) is 5.46 Å². The Morgan fingerprint density at radius 3 is 2.14 bits per heavy atom. The smallest absolute Gasteiger partial charge is 0.399 e. The van der Waals surface area contributed by atoms with Gasteiger partial charge in [-0.2, -0.15) is 4.31 Å². The summed E-state index contributed by atoms with van der Waals surface area (Å²) in [7, 11) is -3.80. The molecule has 1 aromatic rings. The Balaban J connectivity index is 1.61. The van der Waals surface area contributed by atoms with Crippen molar-refractivity contribution >= 4 is 28.6 Å². The molecular formula is C18H27BN4O4S. The molecule has 2 saturated heterocycles. The van der Waals surface area contributed by atoms with Crippen LogP contribution in [0.25, 0.3) is 0 Å². The van der Waals surface area contributed by atoms with Gasteiger partial charge in [-0.1, -0.05) is 0 Å². The molecule has 0 saturated carbocycles. The molecule has 3 rings (SSSR count). The molecule has 0 bridgehead atoms. The van der Waals surface area contributed by atoms with Crippen LogP contribution in [0.5, 0.6) is 0 Å². The molecule has 0 spiro atoms. The summed E-state index contributed by atoms with van der Waals surface area (Å²) in [4.78, 5) is 10.9. The Kier molecular flexibility index (Phi) is 5.74. The Hall–Kier alpha value is -1.67. The van der Waals surface area contributed by atoms with Gasteiger partial charge in [0, 0.05) is 50.5 Å². The molecule has 0 amide bonds. The highest BCUT2D eigenvalue weighted by Crippen LogP contribution is 2.36. The van der Waals surface area contributed by atoms with Crippen LogP contribution in [0, 0.1) is 12.3 Å². The predicted molar refractivity (Wildman–Crippen MR) is 109 cm³/mol. The fourth-order valence-corrected chi connectivity index (χ4v) is 4.43. The Morgan fingerprint density at radius 1 is 1.11 bits per heavy atom. The summed E-state index contributed by atoms with van der Waals surface area (Å²) >= 11 is 0. The average molecular weight is 406 g/mol. The lowest BCUT2D eigenvalue weighted by Crippen LogP contribution is -2.50. The fraction of sp³-hybridized carbons (Fsp3) is 0.667. The van der Waals surface area contributed by atoms with E-state index in [1.165, 1.54) is 4.31 Å². The minimum absolute atomic E-state index is 0.0111. The largest absolute Gasteiger partial charge is 0.498 e. The fourth-order valence-electron chi connectivity index (χ4n) is 3.08. The van der Waals surface area contributed by atoms with E-state index in [0.29, 0.717) is 32.1 Å². The zero-order valence-electron chi connectivity index (χ0n) is 16.9. The molecule has 2 aliphatic rings. The molecule has 0 aromatic carbocycles. The molecule has 0 radical (unpaired) electrons. The van der Waals surface area contributed by atoms with Crippen molar-refractivity contribution in [2.24, 2.45) is 0 Å². The van der Waals surface area contributed by atoms with Crippen LogP contribution in [0.1, 0.15) is 34.1 Å². The molecule has 0 N–H and O–H groups in total. The highest BCUT2D eigenvalue weighted by molar-refractivity contribution is 7.89. The first-order valence-corrected chi connectivity index (χ1v) is 11.0. The first-order chi connectivity index (χ1) is 13.1. The summed E-state index contributed by atoms with van der Waals surface area (Å²) < 4.78 is 38.0. The number of rotatable bonds is 5. The van der Waals surface area contributed by atoms with E-state index in [2.05, 4.69) is 15.9 Å². The molecule has 0 unspecified atom stereocenters. The summed E-state index contributed by atoms with van der Waals surface area (Å²) in [5, 5.41) is 0. The van der Waals surface area contributed by atoms with Crippen LogP contribution in [0.4, 0.5) is 5.95 Å². The molecule has 1 aromatic heterocycles.